The van der Waals surface area contributed by atoms with Gasteiger partial charge in [-0.15, -0.1) is 0 Å². The van der Waals surface area contributed by atoms with Crippen LogP contribution >= 0.6 is 11.3 Å². The molecule has 0 bridgehead atoms. The lowest BCUT2D eigenvalue weighted by Crippen LogP contribution is -2.21. The lowest BCUT2D eigenvalue weighted by atomic mass is 10.7. The van der Waals surface area contributed by atoms with E-state index in [2.05, 4.69) is 10.3 Å². The molecule has 0 saturated carbocycles. The van der Waals surface area contributed by atoms with Gasteiger partial charge in [-0.2, -0.15) is 19.8 Å². The highest BCUT2D eigenvalue weighted by molar-refractivity contribution is 7.86. The van der Waals surface area contributed by atoms with Crippen molar-refractivity contribution in [1.82, 2.24) is 0 Å². The van der Waals surface area contributed by atoms with E-state index in [4.69, 9.17) is 0 Å². The fourth-order valence-corrected chi connectivity index (χ4v) is 0.680. The van der Waals surface area contributed by atoms with Crippen LogP contribution in [0.3, 0.4) is 0 Å². The van der Waals surface area contributed by atoms with E-state index in [0.717, 1.165) is 0 Å². The Labute approximate surface area is 63.7 Å². The molecular weight excluding hydrogens is 172 g/mol. The van der Waals surface area contributed by atoms with Gasteiger partial charge >= 0.3 is 0 Å². The van der Waals surface area contributed by atoms with Gasteiger partial charge in [0.25, 0.3) is 10.2 Å². The van der Waals surface area contributed by atoms with Gasteiger partial charge in [-0.1, -0.05) is 12.1 Å². The molecule has 6 heteroatoms. The molecule has 58 valence electrons. The number of rotatable bonds is 0. The fraction of sp³-hybridized carbons (Fsp3) is 0. The van der Waals surface area contributed by atoms with Crippen molar-refractivity contribution < 1.29 is 8.42 Å². The molecular formula is C4H8N2O2S2. The van der Waals surface area contributed by atoms with E-state index < -0.39 is 10.2 Å². The number of hydrogen-bond donors (Lipinski definition) is 2. The van der Waals surface area contributed by atoms with Crippen molar-refractivity contribution in [3.8, 4) is 0 Å². The summed E-state index contributed by atoms with van der Waals surface area (Å²) in [7, 11) is -3.67. The third kappa shape index (κ3) is 15.6. The number of nitrogens with two attached hydrogens (primary N) is 2. The van der Waals surface area contributed by atoms with E-state index >= 15 is 0 Å². The lowest BCUT2D eigenvalue weighted by Gasteiger charge is -1.72. The molecule has 1 heterocycles. The van der Waals surface area contributed by atoms with Crippen molar-refractivity contribution in [3.63, 3.8) is 0 Å². The average molecular weight is 180 g/mol. The predicted octanol–water partition coefficient (Wildman–Crippen LogP) is -0.103. The summed E-state index contributed by atoms with van der Waals surface area (Å²) in [5.41, 5.74) is 0. The Morgan fingerprint density at radius 3 is 1.50 bits per heavy atom. The normalized spacial score (nSPS) is 9.80. The van der Waals surface area contributed by atoms with Crippen molar-refractivity contribution in [2.45, 2.75) is 0 Å². The molecule has 0 spiro atoms. The summed E-state index contributed by atoms with van der Waals surface area (Å²) in [6, 6.07) is 4.04. The molecule has 0 fully saturated rings. The molecule has 0 aliphatic rings. The highest BCUT2D eigenvalue weighted by Crippen LogP contribution is 1.91. The Bertz CT molecular complexity index is 215. The Kier molecular flexibility index (Phi) is 4.21. The maximum atomic E-state index is 9.19. The van der Waals surface area contributed by atoms with E-state index in [-0.39, 0.29) is 0 Å². The molecule has 0 aromatic carbocycles. The van der Waals surface area contributed by atoms with Crippen molar-refractivity contribution in [2.75, 3.05) is 0 Å². The molecule has 4 nitrogen and oxygen atoms in total. The summed E-state index contributed by atoms with van der Waals surface area (Å²) in [5.74, 6) is 0. The first kappa shape index (κ1) is 9.57. The Hall–Kier alpha value is -0.430. The van der Waals surface area contributed by atoms with Crippen LogP contribution in [0.1, 0.15) is 0 Å². The first-order valence-corrected chi connectivity index (χ1v) is 4.83. The van der Waals surface area contributed by atoms with Crippen LogP contribution in [0.4, 0.5) is 0 Å². The van der Waals surface area contributed by atoms with Crippen molar-refractivity contribution in [2.24, 2.45) is 10.3 Å². The lowest BCUT2D eigenvalue weighted by molar-refractivity contribution is 0.599. The highest BCUT2D eigenvalue weighted by Gasteiger charge is 1.78. The fourth-order valence-electron chi connectivity index (χ4n) is 0.227. The van der Waals surface area contributed by atoms with E-state index in [9.17, 15) is 8.42 Å². The molecule has 0 radical (unpaired) electrons. The third-order valence-electron chi connectivity index (χ3n) is 0.425. The van der Waals surface area contributed by atoms with Gasteiger partial charge in [0.05, 0.1) is 0 Å². The van der Waals surface area contributed by atoms with Crippen LogP contribution < -0.4 is 10.3 Å². The summed E-state index contributed by atoms with van der Waals surface area (Å²) >= 11 is 1.71. The molecule has 4 N–H and O–H groups in total. The zero-order chi connectivity index (χ0) is 8.04. The third-order valence-corrected chi connectivity index (χ3v) is 1.05. The first-order valence-electron chi connectivity index (χ1n) is 2.28. The Morgan fingerprint density at radius 1 is 1.10 bits per heavy atom. The minimum atomic E-state index is -3.67. The standard InChI is InChI=1S/C4H4S.H4N2O2S/c1-2-4-5-3-1;1-5(2,3)4/h1-4H;(H4,1,2,3,4). The smallest absolute Gasteiger partial charge is 0.216 e. The van der Waals surface area contributed by atoms with Gasteiger partial charge < -0.3 is 0 Å². The van der Waals surface area contributed by atoms with Crippen LogP contribution in [0.25, 0.3) is 0 Å². The monoisotopic (exact) mass is 180 g/mol. The molecule has 1 aromatic rings. The maximum absolute atomic E-state index is 9.19. The van der Waals surface area contributed by atoms with Gasteiger partial charge in [-0.25, -0.2) is 10.3 Å². The Balaban J connectivity index is 0.000000162. The molecule has 1 aromatic heterocycles. The van der Waals surface area contributed by atoms with Gasteiger partial charge in [0.1, 0.15) is 0 Å². The zero-order valence-corrected chi connectivity index (χ0v) is 6.73. The molecule has 1 rings (SSSR count). The average Bonchev–Trinajstić information content (AvgIpc) is 2.07. The van der Waals surface area contributed by atoms with Crippen LogP contribution in [0.5, 0.6) is 0 Å². The number of hydrogen-bond acceptors (Lipinski definition) is 3. The van der Waals surface area contributed by atoms with Gasteiger partial charge in [0.2, 0.25) is 0 Å². The molecule has 0 aliphatic carbocycles. The second kappa shape index (κ2) is 4.40. The molecule has 0 aliphatic heterocycles. The van der Waals surface area contributed by atoms with Crippen LogP contribution in [0.15, 0.2) is 22.9 Å². The van der Waals surface area contributed by atoms with Crippen LogP contribution in [-0.4, -0.2) is 8.42 Å². The van der Waals surface area contributed by atoms with Crippen molar-refractivity contribution in [3.05, 3.63) is 22.9 Å². The second-order valence-corrected chi connectivity index (χ2v) is 3.38. The largest absolute Gasteiger partial charge is 0.271 e. The minimum absolute atomic E-state index is 1.71. The van der Waals surface area contributed by atoms with E-state index in [0.29, 0.717) is 0 Å². The topological polar surface area (TPSA) is 86.2 Å². The van der Waals surface area contributed by atoms with E-state index in [1.807, 2.05) is 22.9 Å². The summed E-state index contributed by atoms with van der Waals surface area (Å²) in [4.78, 5) is 0. The summed E-state index contributed by atoms with van der Waals surface area (Å²) in [5, 5.41) is 12.3. The van der Waals surface area contributed by atoms with E-state index in [1.165, 1.54) is 0 Å². The SMILES string of the molecule is NS(N)(=O)=O.c1ccsc1. The van der Waals surface area contributed by atoms with Crippen molar-refractivity contribution >= 4 is 21.5 Å². The molecule has 10 heavy (non-hydrogen) atoms. The summed E-state index contributed by atoms with van der Waals surface area (Å²) in [6.45, 7) is 0. The van der Waals surface area contributed by atoms with Gasteiger partial charge in [-0.05, 0) is 10.8 Å². The Morgan fingerprint density at radius 2 is 1.40 bits per heavy atom. The van der Waals surface area contributed by atoms with Gasteiger partial charge in [0.15, 0.2) is 0 Å². The quantitative estimate of drug-likeness (QED) is 0.584. The first-order chi connectivity index (χ1) is 4.50. The minimum Gasteiger partial charge on any atom is -0.216 e. The highest BCUT2D eigenvalue weighted by atomic mass is 32.2. The zero-order valence-electron chi connectivity index (χ0n) is 5.10. The van der Waals surface area contributed by atoms with Gasteiger partial charge in [0, 0.05) is 0 Å². The summed E-state index contributed by atoms with van der Waals surface area (Å²) in [6.07, 6.45) is 0. The molecule has 0 amide bonds. The van der Waals surface area contributed by atoms with E-state index in [1.54, 1.807) is 11.3 Å². The second-order valence-electron chi connectivity index (χ2n) is 1.38. The van der Waals surface area contributed by atoms with Gasteiger partial charge in [-0.3, -0.25) is 0 Å². The summed E-state index contributed by atoms with van der Waals surface area (Å²) < 4.78 is 18.4. The molecule has 0 unspecified atom stereocenters. The maximum Gasteiger partial charge on any atom is 0.271 e. The predicted molar refractivity (Wildman–Crippen MR) is 41.6 cm³/mol. The van der Waals surface area contributed by atoms with Crippen LogP contribution in [0.2, 0.25) is 0 Å². The van der Waals surface area contributed by atoms with Crippen molar-refractivity contribution in [1.29, 1.82) is 0 Å². The van der Waals surface area contributed by atoms with Crippen LogP contribution in [0, 0.1) is 0 Å². The molecule has 0 atom stereocenters. The van der Waals surface area contributed by atoms with Crippen LogP contribution in [-0.2, 0) is 10.2 Å². The number of thiophene rings is 1. The molecule has 0 saturated heterocycles.